The van der Waals surface area contributed by atoms with E-state index in [1.807, 2.05) is 20.8 Å². The molecule has 1 fully saturated rings. The second-order valence-corrected chi connectivity index (χ2v) is 15.4. The number of rotatable bonds is 16. The molecule has 0 radical (unpaired) electrons. The molecule has 53 heavy (non-hydrogen) atoms. The number of thioether (sulfide) groups is 1. The molecule has 2 aromatic carbocycles. The van der Waals surface area contributed by atoms with Gasteiger partial charge in [-0.2, -0.15) is 11.8 Å². The first kappa shape index (κ1) is 39.7. The van der Waals surface area contributed by atoms with Crippen LogP contribution in [0.5, 0.6) is 0 Å². The van der Waals surface area contributed by atoms with Crippen molar-refractivity contribution in [2.24, 2.45) is 11.3 Å². The molecule has 10 nitrogen and oxygen atoms in total. The van der Waals surface area contributed by atoms with E-state index in [1.54, 1.807) is 27.8 Å². The number of aromatic nitrogens is 2. The quantitative estimate of drug-likeness (QED) is 0.120. The molecule has 4 amide bonds. The Kier molecular flexibility index (Phi) is 13.1. The lowest BCUT2D eigenvalue weighted by atomic mass is 9.84. The number of nitrogens with one attached hydrogen (secondary N) is 2. The average molecular weight is 757 g/mol. The molecule has 5 rings (SSSR count). The van der Waals surface area contributed by atoms with E-state index in [0.717, 1.165) is 23.1 Å². The topological polar surface area (TPSA) is 117 Å². The summed E-state index contributed by atoms with van der Waals surface area (Å²) < 4.78 is 60.5. The van der Waals surface area contributed by atoms with Crippen molar-refractivity contribution in [3.63, 3.8) is 0 Å². The lowest BCUT2D eigenvalue weighted by Gasteiger charge is -2.41. The highest BCUT2D eigenvalue weighted by Gasteiger charge is 2.41. The minimum atomic E-state index is -1.20. The zero-order valence-electron chi connectivity index (χ0n) is 29.9. The zero-order valence-corrected chi connectivity index (χ0v) is 30.7. The van der Waals surface area contributed by atoms with Crippen molar-refractivity contribution in [1.82, 2.24) is 30.0 Å². The van der Waals surface area contributed by atoms with Gasteiger partial charge in [0.05, 0.1) is 17.5 Å². The van der Waals surface area contributed by atoms with E-state index in [1.165, 1.54) is 36.0 Å². The van der Waals surface area contributed by atoms with Crippen molar-refractivity contribution < 1.29 is 36.7 Å². The van der Waals surface area contributed by atoms with Gasteiger partial charge in [-0.25, -0.2) is 22.5 Å². The van der Waals surface area contributed by atoms with E-state index < -0.39 is 52.8 Å². The Hall–Kier alpha value is -4.50. The number of hydrogen-bond donors (Lipinski definition) is 2. The van der Waals surface area contributed by atoms with E-state index in [9.17, 15) is 28.0 Å². The molecule has 0 unspecified atom stereocenters. The van der Waals surface area contributed by atoms with Gasteiger partial charge in [0.1, 0.15) is 29.4 Å². The van der Waals surface area contributed by atoms with Gasteiger partial charge >= 0.3 is 0 Å². The van der Waals surface area contributed by atoms with Crippen molar-refractivity contribution in [2.45, 2.75) is 52.4 Å². The minimum Gasteiger partial charge on any atom is -0.355 e. The highest BCUT2D eigenvalue weighted by molar-refractivity contribution is 7.99. The number of imide groups is 1. The van der Waals surface area contributed by atoms with E-state index >= 15 is 8.78 Å². The summed E-state index contributed by atoms with van der Waals surface area (Å²) >= 11 is 1.29. The molecule has 3 heterocycles. The molecule has 0 bridgehead atoms. The number of carbonyl (C=O) groups excluding carboxylic acids is 4. The Morgan fingerprint density at radius 1 is 1.06 bits per heavy atom. The smallest absolute Gasteiger partial charge is 0.253 e. The van der Waals surface area contributed by atoms with Gasteiger partial charge in [-0.1, -0.05) is 32.9 Å². The molecule has 2 aliphatic rings. The van der Waals surface area contributed by atoms with Gasteiger partial charge in [-0.3, -0.25) is 24.1 Å². The van der Waals surface area contributed by atoms with Crippen LogP contribution in [0.1, 0.15) is 51.0 Å². The van der Waals surface area contributed by atoms with E-state index in [0.29, 0.717) is 30.1 Å². The number of hydrogen-bond acceptors (Lipinski definition) is 7. The average Bonchev–Trinajstić information content (AvgIpc) is 3.79. The Morgan fingerprint density at radius 2 is 1.79 bits per heavy atom. The third-order valence-electron chi connectivity index (χ3n) is 9.12. The van der Waals surface area contributed by atoms with Crippen molar-refractivity contribution >= 4 is 35.4 Å². The lowest BCUT2D eigenvalue weighted by molar-refractivity contribution is -0.137. The number of imidazole rings is 1. The molecule has 2 aliphatic heterocycles. The summed E-state index contributed by atoms with van der Waals surface area (Å²) in [5.74, 6) is -2.92. The highest BCUT2D eigenvalue weighted by atomic mass is 32.2. The summed E-state index contributed by atoms with van der Waals surface area (Å²) in [5.41, 5.74) is -0.0700. The molecule has 0 saturated carbocycles. The fourth-order valence-electron chi connectivity index (χ4n) is 6.55. The second kappa shape index (κ2) is 17.5. The molecule has 284 valence electrons. The van der Waals surface area contributed by atoms with Crippen LogP contribution in [0.15, 0.2) is 60.8 Å². The first-order valence-corrected chi connectivity index (χ1v) is 18.7. The first-order valence-electron chi connectivity index (χ1n) is 17.5. The Labute approximate surface area is 310 Å². The van der Waals surface area contributed by atoms with Crippen molar-refractivity contribution in [3.05, 3.63) is 89.7 Å². The number of amides is 4. The fourth-order valence-corrected chi connectivity index (χ4v) is 7.28. The molecule has 3 aromatic rings. The number of alkyl halides is 1. The number of carbonyl (C=O) groups is 4. The van der Waals surface area contributed by atoms with Gasteiger partial charge in [-0.15, -0.1) is 0 Å². The van der Waals surface area contributed by atoms with Gasteiger partial charge in [0.2, 0.25) is 11.8 Å². The minimum absolute atomic E-state index is 0.00171. The summed E-state index contributed by atoms with van der Waals surface area (Å²) in [6.45, 7) is 6.82. The fraction of sp³-hybridized carbons (Fsp3) is 0.447. The van der Waals surface area contributed by atoms with Crippen LogP contribution in [0, 0.1) is 28.8 Å². The van der Waals surface area contributed by atoms with Gasteiger partial charge in [0.15, 0.2) is 0 Å². The summed E-state index contributed by atoms with van der Waals surface area (Å²) in [5, 5.41) is 5.83. The van der Waals surface area contributed by atoms with Crippen LogP contribution in [0.4, 0.5) is 17.6 Å². The largest absolute Gasteiger partial charge is 0.355 e. The molecule has 0 spiro atoms. The van der Waals surface area contributed by atoms with Gasteiger partial charge < -0.3 is 20.1 Å². The molecule has 0 aliphatic carbocycles. The molecule has 1 aromatic heterocycles. The highest BCUT2D eigenvalue weighted by Crippen LogP contribution is 2.40. The number of benzene rings is 2. The molecular formula is C38H44F4N6O4S. The maximum atomic E-state index is 15.1. The third-order valence-corrected chi connectivity index (χ3v) is 10.1. The third kappa shape index (κ3) is 10.3. The van der Waals surface area contributed by atoms with E-state index in [4.69, 9.17) is 4.98 Å². The van der Waals surface area contributed by atoms with Crippen molar-refractivity contribution in [1.29, 1.82) is 0 Å². The summed E-state index contributed by atoms with van der Waals surface area (Å²) in [6, 6.07) is 8.26. The maximum Gasteiger partial charge on any atom is 0.253 e. The number of halogens is 4. The SMILES string of the molecule is CC(C)(C)[C@H](c1nc(-c2cc(F)ccc2F)cn1Cc1cccc(F)c1)N(C[C@@H]1CNC[C@@H]1F)C(=O)CSCCNC(=O)CCCN1C(=O)C=CC1=O. The summed E-state index contributed by atoms with van der Waals surface area (Å²) in [4.78, 5) is 57.5. The number of nitrogens with zero attached hydrogens (tertiary/aromatic N) is 4. The summed E-state index contributed by atoms with van der Waals surface area (Å²) in [7, 11) is 0. The Bertz CT molecular complexity index is 1830. The van der Waals surface area contributed by atoms with Crippen LogP contribution in [0.3, 0.4) is 0 Å². The molecule has 2 N–H and O–H groups in total. The predicted molar refractivity (Wildman–Crippen MR) is 194 cm³/mol. The molecular weight excluding hydrogens is 713 g/mol. The van der Waals surface area contributed by atoms with E-state index in [2.05, 4.69) is 10.6 Å². The maximum absolute atomic E-state index is 15.1. The Balaban J connectivity index is 1.35. The van der Waals surface area contributed by atoms with Crippen molar-refractivity contribution in [3.8, 4) is 11.3 Å². The Morgan fingerprint density at radius 3 is 2.47 bits per heavy atom. The van der Waals surface area contributed by atoms with Crippen LogP contribution >= 0.6 is 11.8 Å². The molecule has 15 heteroatoms. The normalized spacial score (nSPS) is 17.8. The molecule has 3 atom stereocenters. The van der Waals surface area contributed by atoms with Crippen molar-refractivity contribution in [2.75, 3.05) is 44.2 Å². The van der Waals surface area contributed by atoms with Crippen LogP contribution in [0.25, 0.3) is 11.3 Å². The van der Waals surface area contributed by atoms with Crippen LogP contribution in [0.2, 0.25) is 0 Å². The lowest BCUT2D eigenvalue weighted by Crippen LogP contribution is -2.47. The van der Waals surface area contributed by atoms with Gasteiger partial charge in [0, 0.05) is 81.3 Å². The van der Waals surface area contributed by atoms with Crippen LogP contribution in [-0.4, -0.2) is 93.4 Å². The second-order valence-electron chi connectivity index (χ2n) is 14.3. The standard InChI is InChI=1S/C38H44F4N6O4S/c1-38(2,3)36(37-45-31(28-17-27(40)9-10-29(28)41)22-46(37)20-24-6-4-7-26(39)16-24)48(21-25-18-43-19-30(25)42)35(52)23-53-15-13-44-32(49)8-5-14-47-33(50)11-12-34(47)51/h4,6-7,9-12,16-17,22,25,30,36,43H,5,8,13-15,18-21,23H2,1-3H3,(H,44,49)/t25-,30-,36-/m0/s1. The van der Waals surface area contributed by atoms with Gasteiger partial charge in [0.25, 0.3) is 11.8 Å². The predicted octanol–water partition coefficient (Wildman–Crippen LogP) is 5.04. The zero-order chi connectivity index (χ0) is 38.3. The monoisotopic (exact) mass is 756 g/mol. The van der Waals surface area contributed by atoms with Gasteiger partial charge in [-0.05, 0) is 47.7 Å². The molecule has 1 saturated heterocycles. The van der Waals surface area contributed by atoms with E-state index in [-0.39, 0.29) is 68.0 Å². The van der Waals surface area contributed by atoms with Crippen LogP contribution in [-0.2, 0) is 25.7 Å². The summed E-state index contributed by atoms with van der Waals surface area (Å²) in [6.07, 6.45) is 3.18. The van der Waals surface area contributed by atoms with Crippen LogP contribution < -0.4 is 10.6 Å². The first-order chi connectivity index (χ1) is 25.2.